The topological polar surface area (TPSA) is 23.8 Å². The van der Waals surface area contributed by atoms with E-state index in [4.69, 9.17) is 32.8 Å². The second kappa shape index (κ2) is 3.19. The number of nitriles is 1. The Hall–Kier alpha value is 1.10. The first kappa shape index (κ1) is 8.10. The molecule has 0 spiro atoms. The van der Waals surface area contributed by atoms with E-state index >= 15 is 0 Å². The fourth-order valence-electron chi connectivity index (χ4n) is 0.0541. The van der Waals surface area contributed by atoms with E-state index in [1.54, 1.807) is 6.07 Å². The molecule has 5 heteroatoms. The van der Waals surface area contributed by atoms with Crippen LogP contribution in [0, 0.1) is 11.3 Å². The molecule has 0 aromatic heterocycles. The van der Waals surface area contributed by atoms with Crippen molar-refractivity contribution in [2.75, 3.05) is 0 Å². The molecule has 0 fully saturated rings. The molecule has 0 aromatic rings. The number of nitrogens with zero attached hydrogens (tertiary/aromatic N) is 1. The summed E-state index contributed by atoms with van der Waals surface area (Å²) in [4.78, 5) is 0. The van der Waals surface area contributed by atoms with Crippen LogP contribution in [0.5, 0.6) is 0 Å². The quantitative estimate of drug-likeness (QED) is 0.672. The SMILES string of the molecule is N#C[CH2][Au]([Cl])([Cl])[Cl]. The summed E-state index contributed by atoms with van der Waals surface area (Å²) in [6.07, 6.45) is 0. The molecule has 1 nitrogen and oxygen atoms in total. The van der Waals surface area contributed by atoms with E-state index in [2.05, 4.69) is 0 Å². The van der Waals surface area contributed by atoms with Crippen LogP contribution < -0.4 is 0 Å². The zero-order valence-electron chi connectivity index (χ0n) is 3.09. The molecule has 0 aromatic carbocycles. The zero-order valence-corrected chi connectivity index (χ0v) is 7.52. The van der Waals surface area contributed by atoms with Gasteiger partial charge in [-0.3, -0.25) is 0 Å². The Morgan fingerprint density at radius 2 is 1.86 bits per heavy atom. The third-order valence-electron chi connectivity index (χ3n) is 0.169. The molecule has 0 aliphatic carbocycles. The molecule has 0 rings (SSSR count). The van der Waals surface area contributed by atoms with Gasteiger partial charge in [0.2, 0.25) is 0 Å². The molecular formula is C2H2AuCl3N. The van der Waals surface area contributed by atoms with Gasteiger partial charge >= 0.3 is 57.4 Å². The van der Waals surface area contributed by atoms with Crippen LogP contribution in [0.2, 0.25) is 4.64 Å². The number of hydrogen-bond acceptors (Lipinski definition) is 1. The van der Waals surface area contributed by atoms with Crippen LogP contribution in [-0.2, 0) is 13.9 Å². The number of hydrogen-bond donors (Lipinski definition) is 0. The predicted octanol–water partition coefficient (Wildman–Crippen LogP) is 2.54. The van der Waals surface area contributed by atoms with E-state index in [-0.39, 0.29) is 4.64 Å². The fourth-order valence-corrected chi connectivity index (χ4v) is 1.33. The van der Waals surface area contributed by atoms with Gasteiger partial charge in [0.15, 0.2) is 0 Å². The molecular weight excluding hydrogens is 341 g/mol. The van der Waals surface area contributed by atoms with Crippen molar-refractivity contribution in [3.8, 4) is 6.07 Å². The molecule has 0 heterocycles. The van der Waals surface area contributed by atoms with Crippen LogP contribution >= 0.6 is 27.6 Å². The van der Waals surface area contributed by atoms with Crippen LogP contribution in [0.25, 0.3) is 0 Å². The van der Waals surface area contributed by atoms with Gasteiger partial charge in [-0.15, -0.1) is 0 Å². The van der Waals surface area contributed by atoms with E-state index in [1.165, 1.54) is 0 Å². The Kier molecular flexibility index (Phi) is 3.69. The molecule has 0 amide bonds. The zero-order chi connectivity index (χ0) is 5.91. The van der Waals surface area contributed by atoms with Crippen molar-refractivity contribution in [1.29, 1.82) is 5.26 Å². The van der Waals surface area contributed by atoms with Crippen molar-refractivity contribution in [1.82, 2.24) is 0 Å². The minimum absolute atomic E-state index is 0.116. The molecule has 7 heavy (non-hydrogen) atoms. The minimum atomic E-state index is -2.90. The Balaban J connectivity index is 3.40. The van der Waals surface area contributed by atoms with Crippen LogP contribution in [0.3, 0.4) is 0 Å². The molecule has 0 N–H and O–H groups in total. The van der Waals surface area contributed by atoms with Crippen molar-refractivity contribution < 1.29 is 13.9 Å². The molecule has 0 aliphatic rings. The Bertz CT molecular complexity index is 90.1. The Labute approximate surface area is 57.2 Å². The summed E-state index contributed by atoms with van der Waals surface area (Å²) in [6.45, 7) is 0. The van der Waals surface area contributed by atoms with Gasteiger partial charge in [0.05, 0.1) is 0 Å². The normalized spacial score (nSPS) is 12.9. The van der Waals surface area contributed by atoms with Crippen molar-refractivity contribution in [3.63, 3.8) is 0 Å². The molecule has 0 atom stereocenters. The van der Waals surface area contributed by atoms with E-state index in [0.29, 0.717) is 0 Å². The van der Waals surface area contributed by atoms with Crippen molar-refractivity contribution in [2.24, 2.45) is 0 Å². The van der Waals surface area contributed by atoms with Crippen molar-refractivity contribution in [3.05, 3.63) is 0 Å². The van der Waals surface area contributed by atoms with E-state index in [0.717, 1.165) is 0 Å². The first-order chi connectivity index (χ1) is 3.06. The maximum absolute atomic E-state index is 7.94. The molecule has 0 radical (unpaired) electrons. The molecule has 0 unspecified atom stereocenters. The summed E-state index contributed by atoms with van der Waals surface area (Å²) >= 11 is -2.90. The van der Waals surface area contributed by atoms with Crippen LogP contribution in [-0.4, -0.2) is 0 Å². The monoisotopic (exact) mass is 342 g/mol. The molecule has 0 saturated heterocycles. The summed E-state index contributed by atoms with van der Waals surface area (Å²) in [5.74, 6) is 0. The second-order valence-corrected chi connectivity index (χ2v) is 16.5. The summed E-state index contributed by atoms with van der Waals surface area (Å²) in [5.41, 5.74) is 0. The van der Waals surface area contributed by atoms with Crippen LogP contribution in [0.1, 0.15) is 0 Å². The summed E-state index contributed by atoms with van der Waals surface area (Å²) < 4.78 is 0.116. The van der Waals surface area contributed by atoms with Gasteiger partial charge in [0.25, 0.3) is 0 Å². The third-order valence-corrected chi connectivity index (χ3v) is 3.36. The van der Waals surface area contributed by atoms with Gasteiger partial charge in [-0.1, -0.05) is 0 Å². The first-order valence-corrected chi connectivity index (χ1v) is 10.7. The standard InChI is InChI=1S/C2H2N.Au.3ClH/c1-2-3;;;;/h1H2;;3*1H/q;+3;;;/p-3. The van der Waals surface area contributed by atoms with Gasteiger partial charge in [0, 0.05) is 0 Å². The average Bonchev–Trinajstić information content (AvgIpc) is 1.30. The average molecular weight is 343 g/mol. The summed E-state index contributed by atoms with van der Waals surface area (Å²) in [6, 6.07) is 1.79. The van der Waals surface area contributed by atoms with Crippen LogP contribution in [0.4, 0.5) is 0 Å². The molecule has 0 aliphatic heterocycles. The number of halogens is 3. The van der Waals surface area contributed by atoms with E-state index in [9.17, 15) is 0 Å². The number of rotatable bonds is 1. The molecule has 0 saturated carbocycles. The van der Waals surface area contributed by atoms with Crippen molar-refractivity contribution >= 4 is 27.6 Å². The Morgan fingerprint density at radius 1 is 1.43 bits per heavy atom. The van der Waals surface area contributed by atoms with Gasteiger partial charge in [0.1, 0.15) is 0 Å². The van der Waals surface area contributed by atoms with Gasteiger partial charge in [-0.2, -0.15) is 0 Å². The molecule has 47 valence electrons. The second-order valence-electron chi connectivity index (χ2n) is 0.636. The van der Waals surface area contributed by atoms with Gasteiger partial charge in [-0.25, -0.2) is 0 Å². The van der Waals surface area contributed by atoms with Crippen LogP contribution in [0.15, 0.2) is 0 Å². The summed E-state index contributed by atoms with van der Waals surface area (Å²) in [5, 5.41) is 7.94. The van der Waals surface area contributed by atoms with E-state index < -0.39 is 13.9 Å². The summed E-state index contributed by atoms with van der Waals surface area (Å²) in [7, 11) is 15.9. The maximum atomic E-state index is 7.94. The Morgan fingerprint density at radius 3 is 1.86 bits per heavy atom. The van der Waals surface area contributed by atoms with Gasteiger partial charge < -0.3 is 0 Å². The predicted molar refractivity (Wildman–Crippen MR) is 28.0 cm³/mol. The first-order valence-electron chi connectivity index (χ1n) is 1.13. The third kappa shape index (κ3) is 7.10. The van der Waals surface area contributed by atoms with E-state index in [1.807, 2.05) is 0 Å². The van der Waals surface area contributed by atoms with Crippen molar-refractivity contribution in [2.45, 2.75) is 4.64 Å². The van der Waals surface area contributed by atoms with Gasteiger partial charge in [-0.05, 0) is 0 Å². The molecule has 0 bridgehead atoms. The fraction of sp³-hybridized carbons (Fsp3) is 0.500.